The maximum atomic E-state index is 5.72. The second kappa shape index (κ2) is 3.01. The lowest BCUT2D eigenvalue weighted by atomic mass is 10.1. The van der Waals surface area contributed by atoms with Gasteiger partial charge in [-0.3, -0.25) is 4.98 Å². The molecule has 0 amide bonds. The quantitative estimate of drug-likeness (QED) is 0.662. The molecule has 0 spiro atoms. The fraction of sp³-hybridized carbons (Fsp3) is 0.444. The van der Waals surface area contributed by atoms with Crippen molar-refractivity contribution in [2.45, 2.75) is 26.8 Å². The number of rotatable bonds is 1. The molecular formula is C9H14N2. The summed E-state index contributed by atoms with van der Waals surface area (Å²) >= 11 is 0. The van der Waals surface area contributed by atoms with Crippen molar-refractivity contribution in [1.82, 2.24) is 4.98 Å². The van der Waals surface area contributed by atoms with Crippen molar-refractivity contribution in [3.8, 4) is 0 Å². The molecule has 1 aromatic rings. The van der Waals surface area contributed by atoms with Crippen molar-refractivity contribution in [3.63, 3.8) is 0 Å². The number of nitrogens with zero attached hydrogens (tertiary/aromatic N) is 1. The predicted molar refractivity (Wildman–Crippen MR) is 46.3 cm³/mol. The molecule has 0 fully saturated rings. The van der Waals surface area contributed by atoms with E-state index in [2.05, 4.69) is 11.1 Å². The zero-order chi connectivity index (χ0) is 8.43. The Morgan fingerprint density at radius 3 is 2.45 bits per heavy atom. The smallest absolute Gasteiger partial charge is 0.0600 e. The van der Waals surface area contributed by atoms with Crippen LogP contribution in [0.1, 0.15) is 29.9 Å². The zero-order valence-electron chi connectivity index (χ0n) is 7.26. The van der Waals surface area contributed by atoms with Crippen LogP contribution in [0.3, 0.4) is 0 Å². The van der Waals surface area contributed by atoms with Crippen molar-refractivity contribution >= 4 is 0 Å². The monoisotopic (exact) mass is 150 g/mol. The van der Waals surface area contributed by atoms with Gasteiger partial charge in [-0.05, 0) is 32.4 Å². The van der Waals surface area contributed by atoms with E-state index in [9.17, 15) is 0 Å². The van der Waals surface area contributed by atoms with Crippen LogP contribution in [0.5, 0.6) is 0 Å². The van der Waals surface area contributed by atoms with Crippen LogP contribution >= 0.6 is 0 Å². The van der Waals surface area contributed by atoms with E-state index in [1.165, 1.54) is 5.56 Å². The molecule has 2 heteroatoms. The molecule has 11 heavy (non-hydrogen) atoms. The van der Waals surface area contributed by atoms with Gasteiger partial charge in [0.05, 0.1) is 5.69 Å². The minimum Gasteiger partial charge on any atom is -0.323 e. The maximum Gasteiger partial charge on any atom is 0.0600 e. The van der Waals surface area contributed by atoms with Gasteiger partial charge in [-0.1, -0.05) is 6.07 Å². The predicted octanol–water partition coefficient (Wildman–Crippen LogP) is 1.72. The molecule has 0 aliphatic rings. The second-order valence-corrected chi connectivity index (χ2v) is 2.94. The highest BCUT2D eigenvalue weighted by Crippen LogP contribution is 2.12. The van der Waals surface area contributed by atoms with Crippen molar-refractivity contribution in [2.75, 3.05) is 0 Å². The number of aryl methyl sites for hydroxylation is 2. The van der Waals surface area contributed by atoms with Gasteiger partial charge in [-0.15, -0.1) is 0 Å². The Bertz CT molecular complexity index is 254. The van der Waals surface area contributed by atoms with Crippen LogP contribution in [0.2, 0.25) is 0 Å². The molecule has 0 unspecified atom stereocenters. The second-order valence-electron chi connectivity index (χ2n) is 2.94. The first-order valence-corrected chi connectivity index (χ1v) is 3.81. The van der Waals surface area contributed by atoms with Crippen LogP contribution in [0, 0.1) is 13.8 Å². The minimum atomic E-state index is 0.0369. The third-order valence-corrected chi connectivity index (χ3v) is 1.71. The minimum absolute atomic E-state index is 0.0369. The van der Waals surface area contributed by atoms with E-state index in [0.717, 1.165) is 11.4 Å². The summed E-state index contributed by atoms with van der Waals surface area (Å²) in [5.41, 5.74) is 8.93. The molecule has 0 radical (unpaired) electrons. The first-order valence-electron chi connectivity index (χ1n) is 3.81. The lowest BCUT2D eigenvalue weighted by molar-refractivity contribution is 0.766. The van der Waals surface area contributed by atoms with E-state index < -0.39 is 0 Å². The van der Waals surface area contributed by atoms with Crippen LogP contribution < -0.4 is 5.73 Å². The standard InChI is InChI=1S/C9H14N2/c1-6-4-5-7(2)11-9(6)8(3)10/h4-5,8H,10H2,1-3H3/t8-/m1/s1. The summed E-state index contributed by atoms with van der Waals surface area (Å²) in [7, 11) is 0. The Labute approximate surface area is 67.5 Å². The lowest BCUT2D eigenvalue weighted by Gasteiger charge is -2.08. The molecule has 1 heterocycles. The summed E-state index contributed by atoms with van der Waals surface area (Å²) in [6, 6.07) is 4.09. The number of hydrogen-bond donors (Lipinski definition) is 1. The molecule has 1 aromatic heterocycles. The fourth-order valence-corrected chi connectivity index (χ4v) is 1.11. The van der Waals surface area contributed by atoms with Crippen LogP contribution in [0.4, 0.5) is 0 Å². The molecule has 0 saturated heterocycles. The highest BCUT2D eigenvalue weighted by molar-refractivity contribution is 5.23. The molecule has 0 aromatic carbocycles. The SMILES string of the molecule is Cc1ccc(C)c([C@@H](C)N)n1. The van der Waals surface area contributed by atoms with Crippen LogP contribution in [0.25, 0.3) is 0 Å². The van der Waals surface area contributed by atoms with Gasteiger partial charge < -0.3 is 5.73 Å². The maximum absolute atomic E-state index is 5.72. The lowest BCUT2D eigenvalue weighted by Crippen LogP contribution is -2.09. The summed E-state index contributed by atoms with van der Waals surface area (Å²) in [5.74, 6) is 0. The van der Waals surface area contributed by atoms with E-state index in [4.69, 9.17) is 5.73 Å². The molecule has 0 bridgehead atoms. The molecule has 2 N–H and O–H groups in total. The Morgan fingerprint density at radius 1 is 1.36 bits per heavy atom. The average molecular weight is 150 g/mol. The van der Waals surface area contributed by atoms with Crippen LogP contribution in [-0.4, -0.2) is 4.98 Å². The van der Waals surface area contributed by atoms with Crippen molar-refractivity contribution in [1.29, 1.82) is 0 Å². The van der Waals surface area contributed by atoms with Gasteiger partial charge in [0.25, 0.3) is 0 Å². The first kappa shape index (κ1) is 8.21. The fourth-order valence-electron chi connectivity index (χ4n) is 1.11. The van der Waals surface area contributed by atoms with E-state index in [1.807, 2.05) is 26.8 Å². The van der Waals surface area contributed by atoms with Crippen molar-refractivity contribution in [2.24, 2.45) is 5.73 Å². The molecule has 0 aliphatic carbocycles. The summed E-state index contributed by atoms with van der Waals surface area (Å²) in [4.78, 5) is 4.35. The molecule has 1 atom stereocenters. The number of hydrogen-bond acceptors (Lipinski definition) is 2. The third kappa shape index (κ3) is 1.77. The van der Waals surface area contributed by atoms with Gasteiger partial charge in [-0.25, -0.2) is 0 Å². The normalized spacial score (nSPS) is 13.1. The summed E-state index contributed by atoms with van der Waals surface area (Å²) < 4.78 is 0. The summed E-state index contributed by atoms with van der Waals surface area (Å²) in [5, 5.41) is 0. The van der Waals surface area contributed by atoms with Crippen molar-refractivity contribution in [3.05, 3.63) is 29.1 Å². The molecule has 60 valence electrons. The van der Waals surface area contributed by atoms with Crippen LogP contribution in [0.15, 0.2) is 12.1 Å². The third-order valence-electron chi connectivity index (χ3n) is 1.71. The van der Waals surface area contributed by atoms with Gasteiger partial charge in [-0.2, -0.15) is 0 Å². The molecular weight excluding hydrogens is 136 g/mol. The van der Waals surface area contributed by atoms with Gasteiger partial charge in [0.15, 0.2) is 0 Å². The Hall–Kier alpha value is -0.890. The van der Waals surface area contributed by atoms with Gasteiger partial charge in [0.1, 0.15) is 0 Å². The van der Waals surface area contributed by atoms with E-state index >= 15 is 0 Å². The highest BCUT2D eigenvalue weighted by Gasteiger charge is 2.03. The van der Waals surface area contributed by atoms with Crippen molar-refractivity contribution < 1.29 is 0 Å². The Kier molecular flexibility index (Phi) is 2.25. The van der Waals surface area contributed by atoms with Crippen LogP contribution in [-0.2, 0) is 0 Å². The van der Waals surface area contributed by atoms with E-state index in [-0.39, 0.29) is 6.04 Å². The van der Waals surface area contributed by atoms with E-state index in [1.54, 1.807) is 0 Å². The first-order chi connectivity index (χ1) is 5.11. The number of aromatic nitrogens is 1. The van der Waals surface area contributed by atoms with Gasteiger partial charge in [0.2, 0.25) is 0 Å². The van der Waals surface area contributed by atoms with Gasteiger partial charge >= 0.3 is 0 Å². The molecule has 0 aliphatic heterocycles. The number of pyridine rings is 1. The molecule has 1 rings (SSSR count). The average Bonchev–Trinajstić information content (AvgIpc) is 1.94. The Balaban J connectivity index is 3.13. The number of nitrogens with two attached hydrogens (primary N) is 1. The van der Waals surface area contributed by atoms with Gasteiger partial charge in [0, 0.05) is 11.7 Å². The highest BCUT2D eigenvalue weighted by atomic mass is 14.8. The molecule has 2 nitrogen and oxygen atoms in total. The summed E-state index contributed by atoms with van der Waals surface area (Å²) in [6.45, 7) is 5.96. The topological polar surface area (TPSA) is 38.9 Å². The zero-order valence-corrected chi connectivity index (χ0v) is 7.26. The van der Waals surface area contributed by atoms with E-state index in [0.29, 0.717) is 0 Å². The Morgan fingerprint density at radius 2 is 2.00 bits per heavy atom. The largest absolute Gasteiger partial charge is 0.323 e. The molecule has 0 saturated carbocycles. The summed E-state index contributed by atoms with van der Waals surface area (Å²) in [6.07, 6.45) is 0.